The molecule has 3 fully saturated rings. The van der Waals surface area contributed by atoms with Crippen molar-refractivity contribution >= 4 is 17.6 Å². The number of fused-ring (bicyclic) bond motifs is 1. The minimum absolute atomic E-state index is 0.177. The second kappa shape index (κ2) is 6.35. The maximum absolute atomic E-state index is 12.8. The SMILES string of the molecule is CN(C)CCC1(c2ccc(N3C(=O)[C@@H]4[C@H](N)CCCN4C3=O)cc2)CC1. The highest BCUT2D eigenvalue weighted by atomic mass is 16.2. The lowest BCUT2D eigenvalue weighted by molar-refractivity contribution is -0.120. The summed E-state index contributed by atoms with van der Waals surface area (Å²) >= 11 is 0. The number of urea groups is 1. The Hall–Kier alpha value is -1.92. The molecule has 2 aliphatic heterocycles. The van der Waals surface area contributed by atoms with E-state index < -0.39 is 6.04 Å². The van der Waals surface area contributed by atoms with E-state index in [2.05, 4.69) is 31.1 Å². The molecule has 3 amide bonds. The maximum Gasteiger partial charge on any atom is 0.332 e. The minimum Gasteiger partial charge on any atom is -0.325 e. The zero-order valence-electron chi connectivity index (χ0n) is 15.6. The average Bonchev–Trinajstić information content (AvgIpc) is 3.36. The molecule has 6 heteroatoms. The van der Waals surface area contributed by atoms with Crippen molar-refractivity contribution in [3.05, 3.63) is 29.8 Å². The van der Waals surface area contributed by atoms with Gasteiger partial charge in [0, 0.05) is 12.6 Å². The normalized spacial score (nSPS) is 27.2. The molecule has 2 N–H and O–H groups in total. The fourth-order valence-electron chi connectivity index (χ4n) is 4.38. The Morgan fingerprint density at radius 2 is 1.88 bits per heavy atom. The van der Waals surface area contributed by atoms with E-state index in [-0.39, 0.29) is 23.4 Å². The van der Waals surface area contributed by atoms with E-state index in [1.165, 1.54) is 23.3 Å². The van der Waals surface area contributed by atoms with E-state index in [0.717, 1.165) is 25.8 Å². The molecule has 0 bridgehead atoms. The van der Waals surface area contributed by atoms with Crippen LogP contribution in [0, 0.1) is 0 Å². The van der Waals surface area contributed by atoms with Crippen LogP contribution in [-0.4, -0.2) is 61.0 Å². The highest BCUT2D eigenvalue weighted by Gasteiger charge is 2.50. The summed E-state index contributed by atoms with van der Waals surface area (Å²) in [7, 11) is 4.20. The Balaban J connectivity index is 1.54. The first kappa shape index (κ1) is 17.5. The van der Waals surface area contributed by atoms with Crippen LogP contribution in [0.2, 0.25) is 0 Å². The molecular formula is C20H28N4O2. The van der Waals surface area contributed by atoms with Gasteiger partial charge in [-0.05, 0) is 75.9 Å². The molecule has 2 saturated heterocycles. The summed E-state index contributed by atoms with van der Waals surface area (Å²) in [6, 6.07) is 7.05. The smallest absolute Gasteiger partial charge is 0.325 e. The molecule has 1 aliphatic carbocycles. The summed E-state index contributed by atoms with van der Waals surface area (Å²) in [5.41, 5.74) is 8.37. The Morgan fingerprint density at radius 3 is 2.46 bits per heavy atom. The van der Waals surface area contributed by atoms with Crippen LogP contribution in [0.15, 0.2) is 24.3 Å². The summed E-state index contributed by atoms with van der Waals surface area (Å²) in [5, 5.41) is 0. The predicted octanol–water partition coefficient (Wildman–Crippen LogP) is 1.93. The second-order valence-corrected chi connectivity index (χ2v) is 8.28. The number of carbonyl (C=O) groups is 2. The molecule has 2 heterocycles. The van der Waals surface area contributed by atoms with Crippen molar-refractivity contribution < 1.29 is 9.59 Å². The third-order valence-corrected chi connectivity index (χ3v) is 6.22. The van der Waals surface area contributed by atoms with Gasteiger partial charge in [-0.1, -0.05) is 12.1 Å². The van der Waals surface area contributed by atoms with Gasteiger partial charge in [-0.2, -0.15) is 0 Å². The van der Waals surface area contributed by atoms with E-state index in [0.29, 0.717) is 12.2 Å². The van der Waals surface area contributed by atoms with Crippen molar-refractivity contribution in [2.45, 2.75) is 49.6 Å². The van der Waals surface area contributed by atoms with Crippen LogP contribution < -0.4 is 10.6 Å². The summed E-state index contributed by atoms with van der Waals surface area (Å²) in [4.78, 5) is 30.7. The first-order valence-electron chi connectivity index (χ1n) is 9.58. The summed E-state index contributed by atoms with van der Waals surface area (Å²) in [6.45, 7) is 1.69. The number of rotatable bonds is 5. The van der Waals surface area contributed by atoms with E-state index in [9.17, 15) is 9.59 Å². The number of hydrogen-bond acceptors (Lipinski definition) is 4. The van der Waals surface area contributed by atoms with Gasteiger partial charge >= 0.3 is 6.03 Å². The fourth-order valence-corrected chi connectivity index (χ4v) is 4.38. The van der Waals surface area contributed by atoms with Crippen molar-refractivity contribution in [1.29, 1.82) is 0 Å². The van der Waals surface area contributed by atoms with Crippen molar-refractivity contribution in [3.8, 4) is 0 Å². The second-order valence-electron chi connectivity index (χ2n) is 8.28. The molecule has 0 aromatic heterocycles. The monoisotopic (exact) mass is 356 g/mol. The van der Waals surface area contributed by atoms with Crippen molar-refractivity contribution in [1.82, 2.24) is 9.80 Å². The lowest BCUT2D eigenvalue weighted by Gasteiger charge is -2.31. The Labute approximate surface area is 154 Å². The molecule has 1 aromatic carbocycles. The van der Waals surface area contributed by atoms with Crippen LogP contribution in [-0.2, 0) is 10.2 Å². The van der Waals surface area contributed by atoms with Crippen LogP contribution in [0.4, 0.5) is 10.5 Å². The van der Waals surface area contributed by atoms with Gasteiger partial charge in [0.2, 0.25) is 0 Å². The molecule has 0 unspecified atom stereocenters. The van der Waals surface area contributed by atoms with Crippen molar-refractivity contribution in [2.75, 3.05) is 32.1 Å². The number of nitrogens with two attached hydrogens (primary N) is 1. The van der Waals surface area contributed by atoms with Crippen LogP contribution in [0.25, 0.3) is 0 Å². The molecule has 3 aliphatic rings. The predicted molar refractivity (Wildman–Crippen MR) is 101 cm³/mol. The van der Waals surface area contributed by atoms with E-state index in [1.807, 2.05) is 12.1 Å². The summed E-state index contributed by atoms with van der Waals surface area (Å²) in [6.07, 6.45) is 5.23. The highest BCUT2D eigenvalue weighted by Crippen LogP contribution is 2.51. The number of amides is 3. The number of imide groups is 1. The topological polar surface area (TPSA) is 69.9 Å². The third kappa shape index (κ3) is 2.81. The van der Waals surface area contributed by atoms with Gasteiger partial charge in [-0.25, -0.2) is 9.69 Å². The molecule has 0 spiro atoms. The molecular weight excluding hydrogens is 328 g/mol. The number of anilines is 1. The Morgan fingerprint density at radius 1 is 1.19 bits per heavy atom. The molecule has 4 rings (SSSR count). The molecule has 26 heavy (non-hydrogen) atoms. The van der Waals surface area contributed by atoms with Gasteiger partial charge in [0.1, 0.15) is 6.04 Å². The van der Waals surface area contributed by atoms with Gasteiger partial charge in [0.25, 0.3) is 5.91 Å². The zero-order valence-corrected chi connectivity index (χ0v) is 15.6. The van der Waals surface area contributed by atoms with E-state index >= 15 is 0 Å². The van der Waals surface area contributed by atoms with Gasteiger partial charge < -0.3 is 15.5 Å². The zero-order chi connectivity index (χ0) is 18.5. The Bertz CT molecular complexity index is 711. The lowest BCUT2D eigenvalue weighted by Crippen LogP contribution is -2.52. The molecule has 1 aromatic rings. The number of piperidine rings is 1. The molecule has 140 valence electrons. The van der Waals surface area contributed by atoms with E-state index in [4.69, 9.17) is 5.73 Å². The van der Waals surface area contributed by atoms with Crippen LogP contribution in [0.3, 0.4) is 0 Å². The first-order valence-corrected chi connectivity index (χ1v) is 9.58. The van der Waals surface area contributed by atoms with E-state index in [1.54, 1.807) is 4.90 Å². The summed E-state index contributed by atoms with van der Waals surface area (Å²) < 4.78 is 0. The lowest BCUT2D eigenvalue weighted by atomic mass is 9.92. The third-order valence-electron chi connectivity index (χ3n) is 6.22. The maximum atomic E-state index is 12.8. The van der Waals surface area contributed by atoms with Gasteiger partial charge in [0.15, 0.2) is 0 Å². The van der Waals surface area contributed by atoms with Crippen molar-refractivity contribution in [3.63, 3.8) is 0 Å². The average molecular weight is 356 g/mol. The number of nitrogens with zero attached hydrogens (tertiary/aromatic N) is 3. The molecule has 0 radical (unpaired) electrons. The van der Waals surface area contributed by atoms with Crippen LogP contribution in [0.1, 0.15) is 37.7 Å². The fraction of sp³-hybridized carbons (Fsp3) is 0.600. The number of hydrogen-bond donors (Lipinski definition) is 1. The van der Waals surface area contributed by atoms with Gasteiger partial charge in [0.05, 0.1) is 5.69 Å². The quantitative estimate of drug-likeness (QED) is 0.819. The minimum atomic E-state index is -0.495. The number of benzene rings is 1. The van der Waals surface area contributed by atoms with Crippen LogP contribution >= 0.6 is 0 Å². The van der Waals surface area contributed by atoms with Crippen molar-refractivity contribution in [2.24, 2.45) is 5.73 Å². The standard InChI is InChI=1S/C20H28N4O2/c1-22(2)13-11-20(9-10-20)14-5-7-15(8-6-14)24-18(25)17-16(21)4-3-12-23(17)19(24)26/h5-8,16-17H,3-4,9-13,21H2,1-2H3/t16-,17+/m1/s1. The summed E-state index contributed by atoms with van der Waals surface area (Å²) in [5.74, 6) is -0.177. The molecule has 2 atom stereocenters. The molecule has 1 saturated carbocycles. The first-order chi connectivity index (χ1) is 12.4. The Kier molecular flexibility index (Phi) is 4.28. The highest BCUT2D eigenvalue weighted by molar-refractivity contribution is 6.21. The van der Waals surface area contributed by atoms with Crippen LogP contribution in [0.5, 0.6) is 0 Å². The number of carbonyl (C=O) groups excluding carboxylic acids is 2. The largest absolute Gasteiger partial charge is 0.332 e. The van der Waals surface area contributed by atoms with Gasteiger partial charge in [-0.3, -0.25) is 4.79 Å². The van der Waals surface area contributed by atoms with Gasteiger partial charge in [-0.15, -0.1) is 0 Å². The molecule has 6 nitrogen and oxygen atoms in total.